The summed E-state index contributed by atoms with van der Waals surface area (Å²) in [7, 11) is 0. The van der Waals surface area contributed by atoms with Crippen molar-refractivity contribution < 1.29 is 13.8 Å². The van der Waals surface area contributed by atoms with E-state index in [4.69, 9.17) is 10.2 Å². The first-order chi connectivity index (χ1) is 8.16. The van der Waals surface area contributed by atoms with Crippen molar-refractivity contribution in [2.24, 2.45) is 5.10 Å². The van der Waals surface area contributed by atoms with Crippen molar-refractivity contribution in [2.45, 2.75) is 0 Å². The molecule has 0 aliphatic carbocycles. The van der Waals surface area contributed by atoms with Crippen LogP contribution in [0.5, 0.6) is 0 Å². The molecule has 2 rings (SSSR count). The smallest absolute Gasteiger partial charge is 0.297 e. The van der Waals surface area contributed by atoms with Gasteiger partial charge in [0.2, 0.25) is 11.5 Å². The molecule has 0 saturated carbocycles. The molecule has 9 heteroatoms. The van der Waals surface area contributed by atoms with Gasteiger partial charge in [-0.2, -0.15) is 5.10 Å². The van der Waals surface area contributed by atoms with Gasteiger partial charge in [0.15, 0.2) is 3.77 Å². The van der Waals surface area contributed by atoms with E-state index >= 15 is 0 Å². The summed E-state index contributed by atoms with van der Waals surface area (Å²) in [4.78, 5) is 11.4. The summed E-state index contributed by atoms with van der Waals surface area (Å²) in [5.74, 6) is -0.188. The zero-order chi connectivity index (χ0) is 12.3. The fourth-order valence-electron chi connectivity index (χ4n) is 0.958. The summed E-state index contributed by atoms with van der Waals surface area (Å²) >= 11 is 2.02. The van der Waals surface area contributed by atoms with E-state index in [-0.39, 0.29) is 11.5 Å². The average molecular weight is 347 g/mol. The molecule has 0 bridgehead atoms. The van der Waals surface area contributed by atoms with E-state index in [1.807, 2.05) is 22.6 Å². The number of furan rings is 1. The van der Waals surface area contributed by atoms with Crippen LogP contribution >= 0.6 is 22.6 Å². The number of anilines is 1. The molecule has 8 nitrogen and oxygen atoms in total. The fourth-order valence-corrected chi connectivity index (χ4v) is 1.39. The summed E-state index contributed by atoms with van der Waals surface area (Å²) in [5.41, 5.74) is 7.42. The maximum Gasteiger partial charge on any atom is 0.297 e. The SMILES string of the molecule is Nc1nonc1C(=O)N/N=C\c1ccc(I)o1. The van der Waals surface area contributed by atoms with Crippen LogP contribution in [0.4, 0.5) is 5.82 Å². The number of nitrogen functional groups attached to an aromatic ring is 1. The lowest BCUT2D eigenvalue weighted by molar-refractivity contribution is 0.0946. The third-order valence-corrected chi connectivity index (χ3v) is 2.26. The van der Waals surface area contributed by atoms with E-state index in [2.05, 4.69) is 25.5 Å². The number of carbonyl (C=O) groups is 1. The first-order valence-corrected chi connectivity index (χ1v) is 5.41. The Bertz CT molecular complexity index is 561. The highest BCUT2D eigenvalue weighted by molar-refractivity contribution is 14.1. The van der Waals surface area contributed by atoms with Crippen LogP contribution in [-0.4, -0.2) is 22.4 Å². The molecule has 0 spiro atoms. The van der Waals surface area contributed by atoms with Crippen molar-refractivity contribution in [2.75, 3.05) is 5.73 Å². The van der Waals surface area contributed by atoms with Crippen molar-refractivity contribution in [3.8, 4) is 0 Å². The fraction of sp³-hybridized carbons (Fsp3) is 0. The number of hydrogen-bond acceptors (Lipinski definition) is 7. The number of nitrogens with one attached hydrogen (secondary N) is 1. The molecular weight excluding hydrogens is 341 g/mol. The number of nitrogens with two attached hydrogens (primary N) is 1. The molecule has 2 aromatic rings. The second-order valence-electron chi connectivity index (χ2n) is 2.84. The second kappa shape index (κ2) is 4.95. The second-order valence-corrected chi connectivity index (χ2v) is 3.90. The quantitative estimate of drug-likeness (QED) is 0.477. The van der Waals surface area contributed by atoms with E-state index in [9.17, 15) is 4.79 Å². The molecule has 17 heavy (non-hydrogen) atoms. The zero-order valence-corrected chi connectivity index (χ0v) is 10.4. The van der Waals surface area contributed by atoms with Crippen molar-refractivity contribution in [3.63, 3.8) is 0 Å². The Morgan fingerprint density at radius 3 is 2.94 bits per heavy atom. The molecule has 0 saturated heterocycles. The Balaban J connectivity index is 1.97. The molecule has 0 atom stereocenters. The van der Waals surface area contributed by atoms with Gasteiger partial charge in [0.05, 0.1) is 6.21 Å². The lowest BCUT2D eigenvalue weighted by atomic mass is 10.4. The van der Waals surface area contributed by atoms with Crippen LogP contribution in [0.1, 0.15) is 16.2 Å². The number of hydrazone groups is 1. The Kier molecular flexibility index (Phi) is 3.37. The predicted octanol–water partition coefficient (Wildman–Crippen LogP) is 0.613. The standard InChI is InChI=1S/C8H6IN5O3/c9-5-2-1-4(16-5)3-11-12-8(15)6-7(10)14-17-13-6/h1-3H,(H2,10,14)(H,12,15)/b11-3-. The molecule has 0 fully saturated rings. The van der Waals surface area contributed by atoms with Gasteiger partial charge in [-0.15, -0.1) is 0 Å². The number of aromatic nitrogens is 2. The van der Waals surface area contributed by atoms with Gasteiger partial charge in [0.1, 0.15) is 5.76 Å². The predicted molar refractivity (Wildman–Crippen MR) is 65.2 cm³/mol. The van der Waals surface area contributed by atoms with Crippen LogP contribution in [0.25, 0.3) is 0 Å². The minimum Gasteiger partial charge on any atom is -0.449 e. The Morgan fingerprint density at radius 2 is 2.35 bits per heavy atom. The molecule has 1 amide bonds. The molecule has 88 valence electrons. The van der Waals surface area contributed by atoms with E-state index in [0.29, 0.717) is 5.76 Å². The molecule has 0 unspecified atom stereocenters. The van der Waals surface area contributed by atoms with Crippen LogP contribution < -0.4 is 11.2 Å². The summed E-state index contributed by atoms with van der Waals surface area (Å²) in [5, 5.41) is 10.3. The number of rotatable bonds is 3. The summed E-state index contributed by atoms with van der Waals surface area (Å²) in [6.45, 7) is 0. The summed E-state index contributed by atoms with van der Waals surface area (Å²) < 4.78 is 10.2. The van der Waals surface area contributed by atoms with E-state index in [1.54, 1.807) is 12.1 Å². The summed E-state index contributed by atoms with van der Waals surface area (Å²) in [6, 6.07) is 3.48. The van der Waals surface area contributed by atoms with E-state index < -0.39 is 5.91 Å². The molecule has 2 heterocycles. The number of halogens is 1. The zero-order valence-electron chi connectivity index (χ0n) is 8.25. The lowest BCUT2D eigenvalue weighted by Gasteiger charge is -1.93. The number of nitrogens with zero attached hydrogens (tertiary/aromatic N) is 3. The van der Waals surface area contributed by atoms with Gasteiger partial charge in [-0.25, -0.2) is 10.1 Å². The number of amides is 1. The highest BCUT2D eigenvalue weighted by Gasteiger charge is 2.14. The molecular formula is C8H6IN5O3. The molecule has 0 radical (unpaired) electrons. The maximum atomic E-state index is 11.4. The third-order valence-electron chi connectivity index (χ3n) is 1.68. The number of hydrogen-bond donors (Lipinski definition) is 2. The van der Waals surface area contributed by atoms with Gasteiger partial charge in [-0.1, -0.05) is 0 Å². The van der Waals surface area contributed by atoms with Crippen LogP contribution in [0.3, 0.4) is 0 Å². The Hall–Kier alpha value is -1.91. The molecule has 2 aromatic heterocycles. The molecule has 0 aromatic carbocycles. The normalized spacial score (nSPS) is 10.9. The number of carbonyl (C=O) groups excluding carboxylic acids is 1. The lowest BCUT2D eigenvalue weighted by Crippen LogP contribution is -2.19. The first-order valence-electron chi connectivity index (χ1n) is 4.33. The van der Waals surface area contributed by atoms with Gasteiger partial charge in [0, 0.05) is 0 Å². The van der Waals surface area contributed by atoms with Crippen molar-refractivity contribution in [1.29, 1.82) is 0 Å². The Morgan fingerprint density at radius 1 is 1.53 bits per heavy atom. The summed E-state index contributed by atoms with van der Waals surface area (Å²) in [6.07, 6.45) is 1.35. The van der Waals surface area contributed by atoms with Crippen LogP contribution in [0.15, 0.2) is 26.3 Å². The molecule has 3 N–H and O–H groups in total. The monoisotopic (exact) mass is 347 g/mol. The van der Waals surface area contributed by atoms with Crippen LogP contribution in [0, 0.1) is 3.77 Å². The average Bonchev–Trinajstić information content (AvgIpc) is 2.87. The topological polar surface area (TPSA) is 120 Å². The Labute approximate surface area is 108 Å². The van der Waals surface area contributed by atoms with Gasteiger partial charge < -0.3 is 10.2 Å². The van der Waals surface area contributed by atoms with Crippen LogP contribution in [-0.2, 0) is 0 Å². The largest absolute Gasteiger partial charge is 0.449 e. The maximum absolute atomic E-state index is 11.4. The van der Waals surface area contributed by atoms with E-state index in [1.165, 1.54) is 6.21 Å². The third kappa shape index (κ3) is 2.81. The van der Waals surface area contributed by atoms with Crippen molar-refractivity contribution in [1.82, 2.24) is 15.7 Å². The van der Waals surface area contributed by atoms with Crippen LogP contribution in [0.2, 0.25) is 0 Å². The van der Waals surface area contributed by atoms with Gasteiger partial charge >= 0.3 is 0 Å². The van der Waals surface area contributed by atoms with Crippen molar-refractivity contribution in [3.05, 3.63) is 27.4 Å². The van der Waals surface area contributed by atoms with Crippen molar-refractivity contribution >= 4 is 40.5 Å². The van der Waals surface area contributed by atoms with E-state index in [0.717, 1.165) is 3.77 Å². The minimum atomic E-state index is -0.610. The van der Waals surface area contributed by atoms with Gasteiger partial charge in [-0.3, -0.25) is 4.79 Å². The van der Waals surface area contributed by atoms with Gasteiger partial charge in [0.25, 0.3) is 5.91 Å². The highest BCUT2D eigenvalue weighted by Crippen LogP contribution is 2.07. The molecule has 0 aliphatic rings. The molecule has 0 aliphatic heterocycles. The minimum absolute atomic E-state index is 0.0924. The van der Waals surface area contributed by atoms with Gasteiger partial charge in [-0.05, 0) is 45.0 Å². The highest BCUT2D eigenvalue weighted by atomic mass is 127. The first kappa shape index (κ1) is 11.6.